The number of rotatable bonds is 2. The van der Waals surface area contributed by atoms with Crippen LogP contribution < -0.4 is 5.32 Å². The molecular weight excluding hydrogens is 230 g/mol. The van der Waals surface area contributed by atoms with Gasteiger partial charge in [0.25, 0.3) is 0 Å². The highest BCUT2D eigenvalue weighted by molar-refractivity contribution is 9.09. The summed E-state index contributed by atoms with van der Waals surface area (Å²) in [5.74, 6) is 0.111. The summed E-state index contributed by atoms with van der Waals surface area (Å²) in [6.45, 7) is 4.48. The van der Waals surface area contributed by atoms with Crippen LogP contribution in [0.15, 0.2) is 0 Å². The summed E-state index contributed by atoms with van der Waals surface area (Å²) in [7, 11) is 0. The normalized spacial score (nSPS) is 26.8. The summed E-state index contributed by atoms with van der Waals surface area (Å²) in [4.78, 5) is 11.2. The molecule has 0 aromatic rings. The fourth-order valence-corrected chi connectivity index (χ4v) is 2.16. The van der Waals surface area contributed by atoms with Crippen LogP contribution in [0.3, 0.4) is 0 Å². The van der Waals surface area contributed by atoms with Gasteiger partial charge in [0.1, 0.15) is 0 Å². The highest BCUT2D eigenvalue weighted by atomic mass is 79.9. The number of carbonyl (C=O) groups excluding carboxylic acids is 1. The first-order valence-electron chi connectivity index (χ1n) is 4.91. The van der Waals surface area contributed by atoms with Gasteiger partial charge in [0, 0.05) is 6.04 Å². The first-order valence-corrected chi connectivity index (χ1v) is 6.04. The fraction of sp³-hybridized carbons (Fsp3) is 0.900. The number of amides is 1. The van der Waals surface area contributed by atoms with E-state index in [2.05, 4.69) is 35.1 Å². The number of carbonyl (C=O) groups is 1. The molecular formula is C10H18BrNO. The van der Waals surface area contributed by atoms with E-state index in [1.807, 2.05) is 0 Å². The molecule has 0 aromatic heterocycles. The van der Waals surface area contributed by atoms with Crippen LogP contribution in [-0.2, 0) is 4.79 Å². The Morgan fingerprint density at radius 1 is 1.54 bits per heavy atom. The molecule has 1 saturated carbocycles. The maximum absolute atomic E-state index is 11.2. The van der Waals surface area contributed by atoms with Crippen molar-refractivity contribution in [3.63, 3.8) is 0 Å². The molecule has 0 aliphatic heterocycles. The van der Waals surface area contributed by atoms with Gasteiger partial charge in [0.05, 0.1) is 5.33 Å². The topological polar surface area (TPSA) is 29.1 Å². The van der Waals surface area contributed by atoms with Gasteiger partial charge in [-0.05, 0) is 18.3 Å². The molecule has 1 amide bonds. The maximum Gasteiger partial charge on any atom is 0.230 e. The summed E-state index contributed by atoms with van der Waals surface area (Å²) in [5.41, 5.74) is 0.274. The van der Waals surface area contributed by atoms with Crippen LogP contribution in [0.1, 0.15) is 39.5 Å². The predicted octanol–water partition coefficient (Wildman–Crippen LogP) is 2.47. The first-order chi connectivity index (χ1) is 6.06. The van der Waals surface area contributed by atoms with Gasteiger partial charge in [0.2, 0.25) is 5.91 Å². The summed E-state index contributed by atoms with van der Waals surface area (Å²) in [5, 5.41) is 3.49. The Hall–Kier alpha value is -0.0500. The van der Waals surface area contributed by atoms with Crippen molar-refractivity contribution in [2.45, 2.75) is 45.6 Å². The Bertz CT molecular complexity index is 191. The molecule has 1 aliphatic carbocycles. The molecule has 0 heterocycles. The fourth-order valence-electron chi connectivity index (χ4n) is 1.99. The molecule has 3 heteroatoms. The van der Waals surface area contributed by atoms with Crippen LogP contribution >= 0.6 is 15.9 Å². The molecule has 1 N–H and O–H groups in total. The standard InChI is InChI=1S/C10H18BrNO/c1-10(2)6-4-3-5-8(10)12-9(13)7-11/h8H,3-7H2,1-2H3,(H,12,13). The van der Waals surface area contributed by atoms with Crippen LogP contribution in [0.2, 0.25) is 0 Å². The highest BCUT2D eigenvalue weighted by Gasteiger charge is 2.32. The lowest BCUT2D eigenvalue weighted by Crippen LogP contribution is -2.47. The number of hydrogen-bond donors (Lipinski definition) is 1. The Morgan fingerprint density at radius 3 is 2.77 bits per heavy atom. The molecule has 1 aliphatic rings. The van der Waals surface area contributed by atoms with Crippen molar-refractivity contribution in [2.75, 3.05) is 5.33 Å². The average molecular weight is 248 g/mol. The Labute approximate surface area is 88.6 Å². The van der Waals surface area contributed by atoms with Crippen molar-refractivity contribution in [3.8, 4) is 0 Å². The molecule has 1 atom stereocenters. The monoisotopic (exact) mass is 247 g/mol. The van der Waals surface area contributed by atoms with E-state index in [0.29, 0.717) is 11.4 Å². The van der Waals surface area contributed by atoms with Crippen LogP contribution in [-0.4, -0.2) is 17.3 Å². The zero-order valence-electron chi connectivity index (χ0n) is 8.40. The SMILES string of the molecule is CC1(C)CCCCC1NC(=O)CBr. The molecule has 0 aromatic carbocycles. The summed E-state index contributed by atoms with van der Waals surface area (Å²) in [6.07, 6.45) is 4.90. The minimum atomic E-state index is 0.111. The lowest BCUT2D eigenvalue weighted by molar-refractivity contribution is -0.120. The quantitative estimate of drug-likeness (QED) is 0.747. The van der Waals surface area contributed by atoms with E-state index >= 15 is 0 Å². The lowest BCUT2D eigenvalue weighted by Gasteiger charge is -2.38. The van der Waals surface area contributed by atoms with Gasteiger partial charge in [-0.2, -0.15) is 0 Å². The van der Waals surface area contributed by atoms with Gasteiger partial charge in [-0.25, -0.2) is 0 Å². The van der Waals surface area contributed by atoms with E-state index in [1.54, 1.807) is 0 Å². The van der Waals surface area contributed by atoms with Crippen molar-refractivity contribution < 1.29 is 4.79 Å². The molecule has 1 unspecified atom stereocenters. The zero-order valence-corrected chi connectivity index (χ0v) is 9.99. The molecule has 0 saturated heterocycles. The van der Waals surface area contributed by atoms with Crippen molar-refractivity contribution >= 4 is 21.8 Å². The van der Waals surface area contributed by atoms with Gasteiger partial charge in [-0.1, -0.05) is 42.6 Å². The van der Waals surface area contributed by atoms with E-state index in [0.717, 1.165) is 6.42 Å². The first kappa shape index (κ1) is 11.0. The van der Waals surface area contributed by atoms with E-state index in [1.165, 1.54) is 19.3 Å². The van der Waals surface area contributed by atoms with Crippen molar-refractivity contribution in [1.29, 1.82) is 0 Å². The number of halogens is 1. The third kappa shape index (κ3) is 2.97. The Morgan fingerprint density at radius 2 is 2.23 bits per heavy atom. The molecule has 76 valence electrons. The smallest absolute Gasteiger partial charge is 0.230 e. The molecule has 0 spiro atoms. The second-order valence-electron chi connectivity index (χ2n) is 4.49. The molecule has 1 fully saturated rings. The predicted molar refractivity (Wildman–Crippen MR) is 58.0 cm³/mol. The third-order valence-electron chi connectivity index (χ3n) is 2.96. The van der Waals surface area contributed by atoms with Crippen molar-refractivity contribution in [1.82, 2.24) is 5.32 Å². The van der Waals surface area contributed by atoms with Crippen LogP contribution in [0, 0.1) is 5.41 Å². The van der Waals surface area contributed by atoms with E-state index in [4.69, 9.17) is 0 Å². The number of hydrogen-bond acceptors (Lipinski definition) is 1. The highest BCUT2D eigenvalue weighted by Crippen LogP contribution is 2.35. The third-order valence-corrected chi connectivity index (χ3v) is 3.47. The average Bonchev–Trinajstić information content (AvgIpc) is 2.08. The molecule has 2 nitrogen and oxygen atoms in total. The van der Waals surface area contributed by atoms with Gasteiger partial charge in [-0.15, -0.1) is 0 Å². The minimum absolute atomic E-state index is 0.111. The van der Waals surface area contributed by atoms with Crippen molar-refractivity contribution in [2.24, 2.45) is 5.41 Å². The lowest BCUT2D eigenvalue weighted by atomic mass is 9.73. The second-order valence-corrected chi connectivity index (χ2v) is 5.05. The van der Waals surface area contributed by atoms with Crippen LogP contribution in [0.4, 0.5) is 0 Å². The second kappa shape index (κ2) is 4.45. The molecule has 0 radical (unpaired) electrons. The summed E-state index contributed by atoms with van der Waals surface area (Å²) >= 11 is 3.17. The van der Waals surface area contributed by atoms with E-state index in [9.17, 15) is 4.79 Å². The summed E-state index contributed by atoms with van der Waals surface area (Å²) in [6, 6.07) is 0.367. The minimum Gasteiger partial charge on any atom is -0.352 e. The molecule has 1 rings (SSSR count). The van der Waals surface area contributed by atoms with Gasteiger partial charge < -0.3 is 5.32 Å². The number of nitrogens with one attached hydrogen (secondary N) is 1. The van der Waals surface area contributed by atoms with Crippen LogP contribution in [0.25, 0.3) is 0 Å². The Balaban J connectivity index is 2.51. The Kier molecular flexibility index (Phi) is 3.77. The van der Waals surface area contributed by atoms with Crippen molar-refractivity contribution in [3.05, 3.63) is 0 Å². The van der Waals surface area contributed by atoms with Gasteiger partial charge in [-0.3, -0.25) is 4.79 Å². The van der Waals surface area contributed by atoms with Gasteiger partial charge >= 0.3 is 0 Å². The summed E-state index contributed by atoms with van der Waals surface area (Å²) < 4.78 is 0. The van der Waals surface area contributed by atoms with E-state index < -0.39 is 0 Å². The maximum atomic E-state index is 11.2. The molecule has 13 heavy (non-hydrogen) atoms. The molecule has 0 bridgehead atoms. The van der Waals surface area contributed by atoms with Gasteiger partial charge in [0.15, 0.2) is 0 Å². The zero-order chi connectivity index (χ0) is 9.90. The van der Waals surface area contributed by atoms with E-state index in [-0.39, 0.29) is 11.3 Å². The number of alkyl halides is 1. The largest absolute Gasteiger partial charge is 0.352 e. The van der Waals surface area contributed by atoms with Crippen LogP contribution in [0.5, 0.6) is 0 Å².